The summed E-state index contributed by atoms with van der Waals surface area (Å²) < 4.78 is 40.7. The lowest BCUT2D eigenvalue weighted by Gasteiger charge is -2.32. The third-order valence-corrected chi connectivity index (χ3v) is 6.06. The van der Waals surface area contributed by atoms with Crippen LogP contribution in [0, 0.1) is 11.7 Å². The number of halogens is 1. The van der Waals surface area contributed by atoms with Crippen LogP contribution in [0.25, 0.3) is 0 Å². The predicted octanol–water partition coefficient (Wildman–Crippen LogP) is 2.55. The van der Waals surface area contributed by atoms with Crippen molar-refractivity contribution in [3.05, 3.63) is 65.7 Å². The number of hydrogen-bond acceptors (Lipinski definition) is 4. The maximum atomic E-state index is 13.6. The molecule has 0 aliphatic carbocycles. The number of nitrogens with zero attached hydrogens (tertiary/aromatic N) is 2. The Morgan fingerprint density at radius 1 is 1.12 bits per heavy atom. The second kappa shape index (κ2) is 8.70. The summed E-state index contributed by atoms with van der Waals surface area (Å²) in [7, 11) is -3.53. The number of nitrogens with one attached hydrogen (secondary N) is 1. The Kier molecular flexibility index (Phi) is 6.34. The normalized spacial score (nSPS) is 16.7. The first kappa shape index (κ1) is 18.9. The molecule has 0 atom stereocenters. The fourth-order valence-corrected chi connectivity index (χ4v) is 4.45. The maximum absolute atomic E-state index is 13.6. The first-order valence-corrected chi connectivity index (χ1v) is 10.5. The summed E-state index contributed by atoms with van der Waals surface area (Å²) in [6.45, 7) is 3.21. The highest BCUT2D eigenvalue weighted by Gasteiger charge is 2.22. The fourth-order valence-electron chi connectivity index (χ4n) is 3.21. The Labute approximate surface area is 154 Å². The van der Waals surface area contributed by atoms with Gasteiger partial charge in [-0.3, -0.25) is 9.88 Å². The molecule has 1 saturated heterocycles. The number of benzene rings is 1. The number of pyridine rings is 1. The Hall–Kier alpha value is -1.83. The standard InChI is InChI=1S/C19H24FN3O2S/c20-19-4-2-1-3-18(19)15-26(24,25)22-13-16-7-11-23(12-8-16)14-17-5-9-21-10-6-17/h1-6,9-10,16,22H,7-8,11-15H2. The highest BCUT2D eigenvalue weighted by Crippen LogP contribution is 2.19. The van der Waals surface area contributed by atoms with E-state index in [2.05, 4.69) is 14.6 Å². The van der Waals surface area contributed by atoms with E-state index in [0.29, 0.717) is 12.5 Å². The smallest absolute Gasteiger partial charge is 0.215 e. The van der Waals surface area contributed by atoms with E-state index in [1.807, 2.05) is 12.1 Å². The predicted molar refractivity (Wildman–Crippen MR) is 99.3 cm³/mol. The van der Waals surface area contributed by atoms with Crippen molar-refractivity contribution in [1.82, 2.24) is 14.6 Å². The summed E-state index contributed by atoms with van der Waals surface area (Å²) in [5, 5.41) is 0. The molecule has 0 amide bonds. The van der Waals surface area contributed by atoms with Gasteiger partial charge in [0.2, 0.25) is 10.0 Å². The van der Waals surface area contributed by atoms with Crippen molar-refractivity contribution < 1.29 is 12.8 Å². The second-order valence-electron chi connectivity index (χ2n) is 6.77. The molecule has 2 heterocycles. The molecule has 0 radical (unpaired) electrons. The molecule has 1 aromatic carbocycles. The molecule has 26 heavy (non-hydrogen) atoms. The zero-order chi connectivity index (χ0) is 18.4. The van der Waals surface area contributed by atoms with E-state index >= 15 is 0 Å². The first-order valence-electron chi connectivity index (χ1n) is 8.84. The van der Waals surface area contributed by atoms with E-state index in [1.165, 1.54) is 17.7 Å². The summed E-state index contributed by atoms with van der Waals surface area (Å²) >= 11 is 0. The van der Waals surface area contributed by atoms with Gasteiger partial charge in [0.15, 0.2) is 0 Å². The van der Waals surface area contributed by atoms with Gasteiger partial charge >= 0.3 is 0 Å². The number of aromatic nitrogens is 1. The third-order valence-electron chi connectivity index (χ3n) is 4.76. The van der Waals surface area contributed by atoms with E-state index in [4.69, 9.17) is 0 Å². The Bertz CT molecular complexity index is 807. The quantitative estimate of drug-likeness (QED) is 0.806. The lowest BCUT2D eigenvalue weighted by Crippen LogP contribution is -2.38. The van der Waals surface area contributed by atoms with Crippen molar-refractivity contribution in [1.29, 1.82) is 0 Å². The summed E-state index contributed by atoms with van der Waals surface area (Å²) in [6.07, 6.45) is 5.50. The monoisotopic (exact) mass is 377 g/mol. The number of sulfonamides is 1. The molecule has 7 heteroatoms. The van der Waals surface area contributed by atoms with Crippen LogP contribution in [0.1, 0.15) is 24.0 Å². The van der Waals surface area contributed by atoms with Crippen molar-refractivity contribution >= 4 is 10.0 Å². The van der Waals surface area contributed by atoms with Gasteiger partial charge < -0.3 is 0 Å². The zero-order valence-corrected chi connectivity index (χ0v) is 15.5. The van der Waals surface area contributed by atoms with Crippen molar-refractivity contribution in [2.24, 2.45) is 5.92 Å². The minimum atomic E-state index is -3.53. The molecule has 1 aliphatic heterocycles. The van der Waals surface area contributed by atoms with Gasteiger partial charge in [-0.25, -0.2) is 17.5 Å². The van der Waals surface area contributed by atoms with Crippen LogP contribution in [-0.2, 0) is 22.3 Å². The molecule has 3 rings (SSSR count). The van der Waals surface area contributed by atoms with Gasteiger partial charge in [0, 0.05) is 31.0 Å². The zero-order valence-electron chi connectivity index (χ0n) is 14.6. The molecular formula is C19H24FN3O2S. The molecule has 0 spiro atoms. The van der Waals surface area contributed by atoms with E-state index in [9.17, 15) is 12.8 Å². The second-order valence-corrected chi connectivity index (χ2v) is 8.58. The van der Waals surface area contributed by atoms with Gasteiger partial charge in [-0.05, 0) is 55.6 Å². The van der Waals surface area contributed by atoms with Crippen molar-refractivity contribution in [2.75, 3.05) is 19.6 Å². The fraction of sp³-hybridized carbons (Fsp3) is 0.421. The van der Waals surface area contributed by atoms with Crippen LogP contribution in [0.15, 0.2) is 48.8 Å². The molecule has 140 valence electrons. The lowest BCUT2D eigenvalue weighted by molar-refractivity contribution is 0.178. The molecule has 0 unspecified atom stereocenters. The van der Waals surface area contributed by atoms with Gasteiger partial charge in [0.25, 0.3) is 0 Å². The highest BCUT2D eigenvalue weighted by molar-refractivity contribution is 7.88. The largest absolute Gasteiger partial charge is 0.299 e. The van der Waals surface area contributed by atoms with Gasteiger partial charge in [-0.2, -0.15) is 0 Å². The van der Waals surface area contributed by atoms with E-state index < -0.39 is 15.8 Å². The summed E-state index contributed by atoms with van der Waals surface area (Å²) in [5.41, 5.74) is 1.44. The van der Waals surface area contributed by atoms with Crippen LogP contribution in [0.4, 0.5) is 4.39 Å². The number of rotatable bonds is 7. The molecule has 1 aromatic heterocycles. The van der Waals surface area contributed by atoms with Crippen molar-refractivity contribution in [2.45, 2.75) is 25.1 Å². The minimum absolute atomic E-state index is 0.201. The molecule has 2 aromatic rings. The average Bonchev–Trinajstić information content (AvgIpc) is 2.64. The Morgan fingerprint density at radius 2 is 1.81 bits per heavy atom. The molecule has 0 saturated carbocycles. The molecule has 0 bridgehead atoms. The van der Waals surface area contributed by atoms with Crippen LogP contribution in [0.3, 0.4) is 0 Å². The average molecular weight is 377 g/mol. The van der Waals surface area contributed by atoms with Gasteiger partial charge in [0.1, 0.15) is 5.82 Å². The Morgan fingerprint density at radius 3 is 2.50 bits per heavy atom. The maximum Gasteiger partial charge on any atom is 0.215 e. The van der Waals surface area contributed by atoms with Gasteiger partial charge in [0.05, 0.1) is 5.75 Å². The topological polar surface area (TPSA) is 62.3 Å². The molecular weight excluding hydrogens is 353 g/mol. The van der Waals surface area contributed by atoms with Crippen molar-refractivity contribution in [3.63, 3.8) is 0 Å². The first-order chi connectivity index (χ1) is 12.5. The van der Waals surface area contributed by atoms with Crippen LogP contribution in [0.2, 0.25) is 0 Å². The summed E-state index contributed by atoms with van der Waals surface area (Å²) in [6, 6.07) is 10.0. The van der Waals surface area contributed by atoms with Gasteiger partial charge in [-0.15, -0.1) is 0 Å². The van der Waals surface area contributed by atoms with Gasteiger partial charge in [-0.1, -0.05) is 18.2 Å². The van der Waals surface area contributed by atoms with Crippen molar-refractivity contribution in [3.8, 4) is 0 Å². The molecule has 1 N–H and O–H groups in total. The number of likely N-dealkylation sites (tertiary alicyclic amines) is 1. The SMILES string of the molecule is O=S(=O)(Cc1ccccc1F)NCC1CCN(Cc2ccncc2)CC1. The minimum Gasteiger partial charge on any atom is -0.299 e. The van der Waals surface area contributed by atoms with E-state index in [-0.39, 0.29) is 11.3 Å². The molecule has 1 aliphatic rings. The van der Waals surface area contributed by atoms with Crippen LogP contribution < -0.4 is 4.72 Å². The summed E-state index contributed by atoms with van der Waals surface area (Å²) in [5.74, 6) is -0.484. The Balaban J connectivity index is 1.44. The van der Waals surface area contributed by atoms with E-state index in [0.717, 1.165) is 32.5 Å². The van der Waals surface area contributed by atoms with Crippen LogP contribution in [0.5, 0.6) is 0 Å². The number of hydrogen-bond donors (Lipinski definition) is 1. The van der Waals surface area contributed by atoms with Crippen LogP contribution in [-0.4, -0.2) is 37.9 Å². The third kappa shape index (κ3) is 5.59. The summed E-state index contributed by atoms with van der Waals surface area (Å²) in [4.78, 5) is 6.40. The molecule has 1 fully saturated rings. The van der Waals surface area contributed by atoms with Crippen LogP contribution >= 0.6 is 0 Å². The highest BCUT2D eigenvalue weighted by atomic mass is 32.2. The molecule has 5 nitrogen and oxygen atoms in total. The van der Waals surface area contributed by atoms with E-state index in [1.54, 1.807) is 24.5 Å². The lowest BCUT2D eigenvalue weighted by atomic mass is 9.97. The number of piperidine rings is 1.